The summed E-state index contributed by atoms with van der Waals surface area (Å²) < 4.78 is 5.67. The molecule has 3 heterocycles. The van der Waals surface area contributed by atoms with Gasteiger partial charge in [0, 0.05) is 37.2 Å². The molecule has 2 aliphatic heterocycles. The topological polar surface area (TPSA) is 60.8 Å². The first kappa shape index (κ1) is 22.2. The molecule has 0 aliphatic carbocycles. The third kappa shape index (κ3) is 6.48. The zero-order valence-corrected chi connectivity index (χ0v) is 18.8. The number of carbonyl (C=O) groups excluding carboxylic acids is 1. The van der Waals surface area contributed by atoms with Crippen molar-refractivity contribution < 1.29 is 9.21 Å². The van der Waals surface area contributed by atoms with Crippen molar-refractivity contribution in [3.8, 4) is 0 Å². The van der Waals surface area contributed by atoms with Gasteiger partial charge in [0.2, 0.25) is 0 Å². The van der Waals surface area contributed by atoms with Crippen LogP contribution in [0.5, 0.6) is 0 Å². The van der Waals surface area contributed by atoms with E-state index in [9.17, 15) is 4.79 Å². The van der Waals surface area contributed by atoms with Crippen LogP contribution in [0.4, 0.5) is 4.79 Å². The van der Waals surface area contributed by atoms with E-state index >= 15 is 0 Å². The van der Waals surface area contributed by atoms with Gasteiger partial charge in [-0.1, -0.05) is 30.2 Å². The molecule has 31 heavy (non-hydrogen) atoms. The molecule has 2 aliphatic rings. The lowest BCUT2D eigenvalue weighted by molar-refractivity contribution is 0.142. The second kappa shape index (κ2) is 11.0. The molecule has 0 saturated carbocycles. The summed E-state index contributed by atoms with van der Waals surface area (Å²) in [6.07, 6.45) is 7.34. The average molecular weight is 445 g/mol. The summed E-state index contributed by atoms with van der Waals surface area (Å²) >= 11 is 5.97. The van der Waals surface area contributed by atoms with E-state index in [2.05, 4.69) is 32.6 Å². The molecule has 1 atom stereocenters. The van der Waals surface area contributed by atoms with E-state index in [4.69, 9.17) is 16.0 Å². The van der Waals surface area contributed by atoms with Crippen molar-refractivity contribution in [1.29, 1.82) is 0 Å². The summed E-state index contributed by atoms with van der Waals surface area (Å²) in [5, 5.41) is 7.04. The molecule has 2 fully saturated rings. The van der Waals surface area contributed by atoms with Gasteiger partial charge in [-0.15, -0.1) is 0 Å². The van der Waals surface area contributed by atoms with Crippen LogP contribution in [-0.4, -0.2) is 54.6 Å². The number of hydrogen-bond donors (Lipinski definition) is 2. The average Bonchev–Trinajstić information content (AvgIpc) is 3.32. The number of amides is 2. The first-order valence-electron chi connectivity index (χ1n) is 11.5. The van der Waals surface area contributed by atoms with E-state index in [-0.39, 0.29) is 18.1 Å². The largest absolute Gasteiger partial charge is 0.468 e. The fraction of sp³-hybridized carbons (Fsp3) is 0.542. The number of piperidine rings is 2. The Morgan fingerprint density at radius 2 is 1.81 bits per heavy atom. The van der Waals surface area contributed by atoms with E-state index in [1.807, 2.05) is 24.3 Å². The van der Waals surface area contributed by atoms with Crippen molar-refractivity contribution in [2.24, 2.45) is 0 Å². The van der Waals surface area contributed by atoms with Crippen LogP contribution < -0.4 is 10.6 Å². The molecule has 2 N–H and O–H groups in total. The predicted octanol–water partition coefficient (Wildman–Crippen LogP) is 4.42. The monoisotopic (exact) mass is 444 g/mol. The molecule has 1 aromatic heterocycles. The van der Waals surface area contributed by atoms with Gasteiger partial charge in [0.15, 0.2) is 0 Å². The van der Waals surface area contributed by atoms with Crippen molar-refractivity contribution in [3.63, 3.8) is 0 Å². The van der Waals surface area contributed by atoms with Gasteiger partial charge in [0.05, 0.1) is 12.3 Å². The lowest BCUT2D eigenvalue weighted by Crippen LogP contribution is -2.49. The molecule has 0 spiro atoms. The summed E-state index contributed by atoms with van der Waals surface area (Å²) in [5.74, 6) is 0.928. The maximum Gasteiger partial charge on any atom is 0.315 e. The summed E-state index contributed by atoms with van der Waals surface area (Å²) in [7, 11) is 0. The predicted molar refractivity (Wildman–Crippen MR) is 123 cm³/mol. The van der Waals surface area contributed by atoms with Gasteiger partial charge in [-0.3, -0.25) is 9.80 Å². The summed E-state index contributed by atoms with van der Waals surface area (Å²) in [4.78, 5) is 17.4. The highest BCUT2D eigenvalue weighted by Gasteiger charge is 2.26. The number of nitrogens with one attached hydrogen (secondary N) is 2. The smallest absolute Gasteiger partial charge is 0.315 e. The summed E-state index contributed by atoms with van der Waals surface area (Å²) in [6, 6.07) is 12.2. The van der Waals surface area contributed by atoms with Gasteiger partial charge < -0.3 is 15.1 Å². The fourth-order valence-electron chi connectivity index (χ4n) is 4.63. The number of benzene rings is 1. The molecular weight excluding hydrogens is 412 g/mol. The molecular formula is C24H33ClN4O2. The molecule has 2 saturated heterocycles. The quantitative estimate of drug-likeness (QED) is 0.663. The number of nitrogens with zero attached hydrogens (tertiary/aromatic N) is 2. The number of furan rings is 1. The lowest BCUT2D eigenvalue weighted by atomic mass is 10.0. The standard InChI is InChI=1S/C24H33ClN4O2/c25-20-8-6-19(7-9-20)18-28-14-10-21(11-15-28)27-24(30)26-17-22(23-5-4-16-31-23)29-12-2-1-3-13-29/h4-9,16,21-22H,1-3,10-15,17-18H2,(H2,26,27,30). The minimum absolute atomic E-state index is 0.0790. The Bertz CT molecular complexity index is 797. The summed E-state index contributed by atoms with van der Waals surface area (Å²) in [6.45, 7) is 5.57. The van der Waals surface area contributed by atoms with E-state index in [1.54, 1.807) is 6.26 Å². The molecule has 1 unspecified atom stereocenters. The molecule has 2 amide bonds. The normalized spacial score (nSPS) is 19.8. The highest BCUT2D eigenvalue weighted by Crippen LogP contribution is 2.24. The minimum atomic E-state index is -0.0790. The van der Waals surface area contributed by atoms with Crippen LogP contribution in [0.2, 0.25) is 5.02 Å². The molecule has 0 radical (unpaired) electrons. The first-order chi connectivity index (χ1) is 15.2. The van der Waals surface area contributed by atoms with Crippen molar-refractivity contribution in [3.05, 3.63) is 59.0 Å². The Hall–Kier alpha value is -2.02. The van der Waals surface area contributed by atoms with Gasteiger partial charge in [0.25, 0.3) is 0 Å². The van der Waals surface area contributed by atoms with Crippen LogP contribution in [0.25, 0.3) is 0 Å². The van der Waals surface area contributed by atoms with Crippen LogP contribution >= 0.6 is 11.6 Å². The number of urea groups is 1. The van der Waals surface area contributed by atoms with Gasteiger partial charge in [0.1, 0.15) is 5.76 Å². The van der Waals surface area contributed by atoms with Crippen LogP contribution in [0.1, 0.15) is 49.5 Å². The summed E-state index contributed by atoms with van der Waals surface area (Å²) in [5.41, 5.74) is 1.27. The van der Waals surface area contributed by atoms with Gasteiger partial charge in [-0.05, 0) is 68.6 Å². The van der Waals surface area contributed by atoms with Gasteiger partial charge in [-0.2, -0.15) is 0 Å². The molecule has 2 aromatic rings. The van der Waals surface area contributed by atoms with Crippen molar-refractivity contribution in [2.45, 2.75) is 50.7 Å². The van der Waals surface area contributed by atoms with Crippen LogP contribution in [0, 0.1) is 0 Å². The first-order valence-corrected chi connectivity index (χ1v) is 11.8. The minimum Gasteiger partial charge on any atom is -0.468 e. The zero-order chi connectivity index (χ0) is 21.5. The van der Waals surface area contributed by atoms with Crippen LogP contribution in [0.3, 0.4) is 0 Å². The number of likely N-dealkylation sites (tertiary alicyclic amines) is 2. The lowest BCUT2D eigenvalue weighted by Gasteiger charge is -2.34. The van der Waals surface area contributed by atoms with E-state index in [0.717, 1.165) is 56.3 Å². The Kier molecular flexibility index (Phi) is 7.89. The van der Waals surface area contributed by atoms with Crippen molar-refractivity contribution in [2.75, 3.05) is 32.7 Å². The molecule has 6 nitrogen and oxygen atoms in total. The second-order valence-electron chi connectivity index (χ2n) is 8.66. The molecule has 4 rings (SSSR count). The maximum absolute atomic E-state index is 12.6. The number of carbonyl (C=O) groups is 1. The number of rotatable bonds is 7. The highest BCUT2D eigenvalue weighted by atomic mass is 35.5. The molecule has 7 heteroatoms. The van der Waals surface area contributed by atoms with Gasteiger partial charge >= 0.3 is 6.03 Å². The SMILES string of the molecule is O=C(NCC(c1ccco1)N1CCCCC1)NC1CCN(Cc2ccc(Cl)cc2)CC1. The van der Waals surface area contributed by atoms with Crippen molar-refractivity contribution in [1.82, 2.24) is 20.4 Å². The Labute approximate surface area is 189 Å². The van der Waals surface area contributed by atoms with Crippen LogP contribution in [-0.2, 0) is 6.54 Å². The third-order valence-corrected chi connectivity index (χ3v) is 6.65. The fourth-order valence-corrected chi connectivity index (χ4v) is 4.76. The zero-order valence-electron chi connectivity index (χ0n) is 18.1. The van der Waals surface area contributed by atoms with Gasteiger partial charge in [-0.25, -0.2) is 4.79 Å². The molecule has 0 bridgehead atoms. The highest BCUT2D eigenvalue weighted by molar-refractivity contribution is 6.30. The van der Waals surface area contributed by atoms with Crippen LogP contribution in [0.15, 0.2) is 47.1 Å². The second-order valence-corrected chi connectivity index (χ2v) is 9.10. The Balaban J connectivity index is 1.21. The number of hydrogen-bond acceptors (Lipinski definition) is 4. The van der Waals surface area contributed by atoms with E-state index in [0.29, 0.717) is 6.54 Å². The number of halogens is 1. The van der Waals surface area contributed by atoms with E-state index < -0.39 is 0 Å². The third-order valence-electron chi connectivity index (χ3n) is 6.40. The molecule has 1 aromatic carbocycles. The van der Waals surface area contributed by atoms with E-state index in [1.165, 1.54) is 24.8 Å². The van der Waals surface area contributed by atoms with Crippen molar-refractivity contribution >= 4 is 17.6 Å². The maximum atomic E-state index is 12.6. The molecule has 168 valence electrons. The Morgan fingerprint density at radius 1 is 1.06 bits per heavy atom. The Morgan fingerprint density at radius 3 is 2.48 bits per heavy atom.